The Morgan fingerprint density at radius 3 is 2.23 bits per heavy atom. The van der Waals surface area contributed by atoms with E-state index in [0.717, 1.165) is 6.08 Å². The number of rotatable bonds is 2. The van der Waals surface area contributed by atoms with Gasteiger partial charge in [-0.2, -0.15) is 0 Å². The summed E-state index contributed by atoms with van der Waals surface area (Å²) in [6.45, 7) is 0. The highest BCUT2D eigenvalue weighted by Crippen LogP contribution is 2.10. The van der Waals surface area contributed by atoms with E-state index < -0.39 is 5.82 Å². The van der Waals surface area contributed by atoms with Crippen molar-refractivity contribution in [3.63, 3.8) is 0 Å². The van der Waals surface area contributed by atoms with E-state index in [1.54, 1.807) is 0 Å². The van der Waals surface area contributed by atoms with E-state index in [2.05, 4.69) is 0 Å². The van der Waals surface area contributed by atoms with Crippen molar-refractivity contribution in [3.05, 3.63) is 46.2 Å². The molecule has 0 fully saturated rings. The van der Waals surface area contributed by atoms with Gasteiger partial charge in [0.2, 0.25) is 0 Å². The molecule has 0 amide bonds. The number of benzene rings is 1. The first-order valence-corrected chi connectivity index (χ1v) is 4.18. The molecule has 0 aliphatic heterocycles. The number of carbonyl (C=O) groups is 1. The molecular formula is C9H5Cl2FO. The van der Waals surface area contributed by atoms with E-state index in [1.807, 2.05) is 0 Å². The first-order chi connectivity index (χ1) is 6.09. The lowest BCUT2D eigenvalue weighted by Gasteiger charge is -1.94. The fourth-order valence-electron chi connectivity index (χ4n) is 0.797. The van der Waals surface area contributed by atoms with Crippen LogP contribution in [0.2, 0.25) is 0 Å². The molecule has 0 aromatic heterocycles. The van der Waals surface area contributed by atoms with E-state index in [1.165, 1.54) is 24.3 Å². The molecule has 0 saturated heterocycles. The molecule has 1 rings (SSSR count). The van der Waals surface area contributed by atoms with Crippen molar-refractivity contribution in [2.75, 3.05) is 0 Å². The Morgan fingerprint density at radius 2 is 1.77 bits per heavy atom. The van der Waals surface area contributed by atoms with E-state index in [0.29, 0.717) is 5.56 Å². The van der Waals surface area contributed by atoms with Crippen LogP contribution in [-0.4, -0.2) is 5.78 Å². The Hall–Kier alpha value is -0.860. The summed E-state index contributed by atoms with van der Waals surface area (Å²) in [7, 11) is 0. The zero-order valence-corrected chi connectivity index (χ0v) is 7.94. The first-order valence-electron chi connectivity index (χ1n) is 3.42. The normalized spacial score (nSPS) is 9.46. The molecule has 0 aliphatic rings. The molecule has 0 radical (unpaired) electrons. The lowest BCUT2D eigenvalue weighted by atomic mass is 10.1. The summed E-state index contributed by atoms with van der Waals surface area (Å²) in [6, 6.07) is 5.13. The minimum atomic E-state index is -0.391. The second-order valence-corrected chi connectivity index (χ2v) is 3.31. The topological polar surface area (TPSA) is 17.1 Å². The molecule has 1 nitrogen and oxygen atoms in total. The van der Waals surface area contributed by atoms with Crippen LogP contribution in [-0.2, 0) is 0 Å². The number of ketones is 1. The number of allylic oxidation sites excluding steroid dienone is 1. The zero-order chi connectivity index (χ0) is 9.84. The highest BCUT2D eigenvalue weighted by atomic mass is 35.5. The zero-order valence-electron chi connectivity index (χ0n) is 6.43. The first kappa shape index (κ1) is 10.2. The predicted molar refractivity (Wildman–Crippen MR) is 50.5 cm³/mol. The van der Waals surface area contributed by atoms with Crippen molar-refractivity contribution in [1.29, 1.82) is 0 Å². The Kier molecular flexibility index (Phi) is 3.46. The highest BCUT2D eigenvalue weighted by molar-refractivity contribution is 6.57. The predicted octanol–water partition coefficient (Wildman–Crippen LogP) is 3.33. The second kappa shape index (κ2) is 4.40. The van der Waals surface area contributed by atoms with E-state index >= 15 is 0 Å². The monoisotopic (exact) mass is 218 g/mol. The van der Waals surface area contributed by atoms with Gasteiger partial charge < -0.3 is 0 Å². The summed E-state index contributed by atoms with van der Waals surface area (Å²) in [4.78, 5) is 11.2. The lowest BCUT2D eigenvalue weighted by molar-refractivity contribution is 0.104. The van der Waals surface area contributed by atoms with Crippen LogP contribution < -0.4 is 0 Å². The molecule has 0 atom stereocenters. The van der Waals surface area contributed by atoms with Crippen molar-refractivity contribution >= 4 is 29.0 Å². The minimum Gasteiger partial charge on any atom is -0.289 e. The Morgan fingerprint density at radius 1 is 1.23 bits per heavy atom. The Balaban J connectivity index is 2.90. The van der Waals surface area contributed by atoms with Crippen LogP contribution in [0.4, 0.5) is 4.39 Å². The molecule has 0 bridgehead atoms. The van der Waals surface area contributed by atoms with Crippen molar-refractivity contribution in [1.82, 2.24) is 0 Å². The fraction of sp³-hybridized carbons (Fsp3) is 0. The standard InChI is InChI=1S/C9H5Cl2FO/c10-9(11)5-8(13)6-1-3-7(12)4-2-6/h1-5H. The quantitative estimate of drug-likeness (QED) is 0.550. The summed E-state index contributed by atoms with van der Waals surface area (Å²) in [5.74, 6) is -0.738. The van der Waals surface area contributed by atoms with Crippen molar-refractivity contribution in [3.8, 4) is 0 Å². The molecule has 1 aromatic rings. The number of hydrogen-bond donors (Lipinski definition) is 0. The summed E-state index contributed by atoms with van der Waals surface area (Å²) < 4.78 is 12.3. The fourth-order valence-corrected chi connectivity index (χ4v) is 0.995. The average molecular weight is 219 g/mol. The number of hydrogen-bond acceptors (Lipinski definition) is 1. The maximum atomic E-state index is 12.4. The molecule has 0 heterocycles. The van der Waals surface area contributed by atoms with Crippen molar-refractivity contribution in [2.45, 2.75) is 0 Å². The van der Waals surface area contributed by atoms with E-state index in [9.17, 15) is 9.18 Å². The van der Waals surface area contributed by atoms with Crippen molar-refractivity contribution < 1.29 is 9.18 Å². The molecule has 0 aliphatic carbocycles. The van der Waals surface area contributed by atoms with Crippen molar-refractivity contribution in [2.24, 2.45) is 0 Å². The SMILES string of the molecule is O=C(C=C(Cl)Cl)c1ccc(F)cc1. The van der Waals surface area contributed by atoms with Gasteiger partial charge in [-0.25, -0.2) is 4.39 Å². The number of halogens is 3. The van der Waals surface area contributed by atoms with Crippen LogP contribution in [0.1, 0.15) is 10.4 Å². The second-order valence-electron chi connectivity index (χ2n) is 2.31. The summed E-state index contributed by atoms with van der Waals surface area (Å²) in [5.41, 5.74) is 0.347. The molecule has 13 heavy (non-hydrogen) atoms. The number of carbonyl (C=O) groups excluding carboxylic acids is 1. The van der Waals surface area contributed by atoms with Crippen LogP contribution in [0, 0.1) is 5.82 Å². The van der Waals surface area contributed by atoms with Gasteiger partial charge in [0.25, 0.3) is 0 Å². The van der Waals surface area contributed by atoms with Gasteiger partial charge >= 0.3 is 0 Å². The molecule has 4 heteroatoms. The van der Waals surface area contributed by atoms with Gasteiger partial charge in [-0.1, -0.05) is 23.2 Å². The van der Waals surface area contributed by atoms with Crippen LogP contribution in [0.15, 0.2) is 34.8 Å². The van der Waals surface area contributed by atoms with Gasteiger partial charge in [0.05, 0.1) is 0 Å². The van der Waals surface area contributed by atoms with Gasteiger partial charge in [-0.15, -0.1) is 0 Å². The third kappa shape index (κ3) is 3.17. The van der Waals surface area contributed by atoms with Gasteiger partial charge in [0, 0.05) is 11.6 Å². The summed E-state index contributed by atoms with van der Waals surface area (Å²) in [5, 5.41) is 0. The molecule has 0 spiro atoms. The minimum absolute atomic E-state index is 0.116. The molecule has 1 aromatic carbocycles. The van der Waals surface area contributed by atoms with Gasteiger partial charge in [-0.05, 0) is 24.3 Å². The Labute approximate surface area is 84.8 Å². The molecule has 0 N–H and O–H groups in total. The maximum absolute atomic E-state index is 12.4. The van der Waals surface area contributed by atoms with Gasteiger partial charge in [0.15, 0.2) is 5.78 Å². The van der Waals surface area contributed by atoms with Crippen LogP contribution >= 0.6 is 23.2 Å². The third-order valence-electron chi connectivity index (χ3n) is 1.37. The van der Waals surface area contributed by atoms with E-state index in [4.69, 9.17) is 23.2 Å². The largest absolute Gasteiger partial charge is 0.289 e. The van der Waals surface area contributed by atoms with Crippen LogP contribution in [0.3, 0.4) is 0 Å². The smallest absolute Gasteiger partial charge is 0.188 e. The summed E-state index contributed by atoms with van der Waals surface area (Å²) >= 11 is 10.6. The molecular weight excluding hydrogens is 214 g/mol. The van der Waals surface area contributed by atoms with Gasteiger partial charge in [-0.3, -0.25) is 4.79 Å². The van der Waals surface area contributed by atoms with Gasteiger partial charge in [0.1, 0.15) is 10.3 Å². The molecule has 68 valence electrons. The molecule has 0 saturated carbocycles. The molecule has 0 unspecified atom stereocenters. The average Bonchev–Trinajstić information content (AvgIpc) is 2.04. The summed E-state index contributed by atoms with van der Waals surface area (Å²) in [6.07, 6.45) is 1.07. The maximum Gasteiger partial charge on any atom is 0.188 e. The third-order valence-corrected chi connectivity index (χ3v) is 1.59. The van der Waals surface area contributed by atoms with E-state index in [-0.39, 0.29) is 10.3 Å². The lowest BCUT2D eigenvalue weighted by Crippen LogP contribution is -1.93. The van der Waals surface area contributed by atoms with Crippen LogP contribution in [0.25, 0.3) is 0 Å². The highest BCUT2D eigenvalue weighted by Gasteiger charge is 2.02. The van der Waals surface area contributed by atoms with Crippen LogP contribution in [0.5, 0.6) is 0 Å². The Bertz CT molecular complexity index is 339.